The van der Waals surface area contributed by atoms with Crippen LogP contribution in [0.5, 0.6) is 11.5 Å². The van der Waals surface area contributed by atoms with E-state index in [4.69, 9.17) is 9.47 Å². The van der Waals surface area contributed by atoms with Crippen molar-refractivity contribution in [3.8, 4) is 11.5 Å². The molecule has 1 aromatic rings. The van der Waals surface area contributed by atoms with E-state index in [0.717, 1.165) is 6.54 Å². The zero-order valence-electron chi connectivity index (χ0n) is 18.1. The minimum absolute atomic E-state index is 0.00809. The Bertz CT molecular complexity index is 782. The monoisotopic (exact) mass is 415 g/mol. The standard InChI is InChI=1S/C23H33N3O4/c1-29-18-8-9-20(21(13-18)30-2)26-15-17(12-22(26)27)23(28)24-14-16-6-5-11-25-10-4-3-7-19(16)25/h8-9,13,16-17,19H,3-7,10-12,14-15H2,1-2H3,(H,24,28)/t16-,17+,19-/m1/s1. The molecule has 0 aromatic heterocycles. The molecule has 0 saturated carbocycles. The number of ether oxygens (including phenoxy) is 2. The summed E-state index contributed by atoms with van der Waals surface area (Å²) in [6.07, 6.45) is 6.46. The summed E-state index contributed by atoms with van der Waals surface area (Å²) in [5.74, 6) is 1.39. The van der Waals surface area contributed by atoms with Gasteiger partial charge in [-0.2, -0.15) is 0 Å². The molecule has 3 aliphatic heterocycles. The molecule has 0 unspecified atom stereocenters. The lowest BCUT2D eigenvalue weighted by Gasteiger charge is -2.44. The van der Waals surface area contributed by atoms with E-state index in [1.807, 2.05) is 6.07 Å². The highest BCUT2D eigenvalue weighted by atomic mass is 16.5. The Balaban J connectivity index is 1.36. The average Bonchev–Trinajstić information content (AvgIpc) is 3.18. The van der Waals surface area contributed by atoms with Crippen LogP contribution in [0.15, 0.2) is 18.2 Å². The van der Waals surface area contributed by atoms with E-state index in [1.54, 1.807) is 31.3 Å². The van der Waals surface area contributed by atoms with Gasteiger partial charge in [0.2, 0.25) is 11.8 Å². The molecule has 30 heavy (non-hydrogen) atoms. The molecular formula is C23H33N3O4. The van der Waals surface area contributed by atoms with Gasteiger partial charge in [0.25, 0.3) is 0 Å². The van der Waals surface area contributed by atoms with Crippen molar-refractivity contribution in [3.63, 3.8) is 0 Å². The Kier molecular flexibility index (Phi) is 6.46. The molecule has 164 valence electrons. The molecule has 3 atom stereocenters. The Morgan fingerprint density at radius 3 is 2.77 bits per heavy atom. The fourth-order valence-electron chi connectivity index (χ4n) is 5.32. The van der Waals surface area contributed by atoms with Gasteiger partial charge in [-0.1, -0.05) is 6.42 Å². The maximum atomic E-state index is 12.9. The SMILES string of the molecule is COc1ccc(N2C[C@@H](C(=O)NC[C@H]3CCCN4CCCC[C@H]34)CC2=O)c(OC)c1. The predicted octanol–water partition coefficient (Wildman–Crippen LogP) is 2.44. The van der Waals surface area contributed by atoms with E-state index >= 15 is 0 Å². The molecule has 3 heterocycles. The second kappa shape index (κ2) is 9.25. The molecule has 4 rings (SSSR count). The molecule has 7 heteroatoms. The number of rotatable bonds is 6. The van der Waals surface area contributed by atoms with E-state index in [9.17, 15) is 9.59 Å². The van der Waals surface area contributed by atoms with E-state index in [1.165, 1.54) is 45.2 Å². The van der Waals surface area contributed by atoms with E-state index in [2.05, 4.69) is 10.2 Å². The first-order valence-electron chi connectivity index (χ1n) is 11.1. The first-order chi connectivity index (χ1) is 14.6. The molecule has 0 radical (unpaired) electrons. The summed E-state index contributed by atoms with van der Waals surface area (Å²) in [5.41, 5.74) is 0.684. The summed E-state index contributed by atoms with van der Waals surface area (Å²) in [6.45, 7) is 3.50. The zero-order chi connectivity index (χ0) is 21.1. The molecule has 0 bridgehead atoms. The third-order valence-corrected chi connectivity index (χ3v) is 6.94. The van der Waals surface area contributed by atoms with Crippen molar-refractivity contribution < 1.29 is 19.1 Å². The van der Waals surface area contributed by atoms with Crippen molar-refractivity contribution >= 4 is 17.5 Å². The zero-order valence-corrected chi connectivity index (χ0v) is 18.1. The van der Waals surface area contributed by atoms with Gasteiger partial charge in [-0.15, -0.1) is 0 Å². The van der Waals surface area contributed by atoms with Gasteiger partial charge in [-0.05, 0) is 56.8 Å². The van der Waals surface area contributed by atoms with E-state index in [0.29, 0.717) is 35.7 Å². The van der Waals surface area contributed by atoms with Gasteiger partial charge in [-0.25, -0.2) is 0 Å². The summed E-state index contributed by atoms with van der Waals surface area (Å²) in [7, 11) is 3.16. The molecule has 3 aliphatic rings. The van der Waals surface area contributed by atoms with Crippen LogP contribution in [-0.4, -0.2) is 63.2 Å². The normalized spacial score (nSPS) is 26.9. The van der Waals surface area contributed by atoms with Crippen LogP contribution in [0.25, 0.3) is 0 Å². The maximum Gasteiger partial charge on any atom is 0.227 e. The maximum absolute atomic E-state index is 12.9. The Morgan fingerprint density at radius 1 is 1.13 bits per heavy atom. The predicted molar refractivity (Wildman–Crippen MR) is 115 cm³/mol. The average molecular weight is 416 g/mol. The van der Waals surface area contributed by atoms with Crippen molar-refractivity contribution in [2.24, 2.45) is 11.8 Å². The molecule has 2 amide bonds. The molecular weight excluding hydrogens is 382 g/mol. The van der Waals surface area contributed by atoms with Crippen molar-refractivity contribution in [2.45, 2.75) is 44.6 Å². The molecule has 3 fully saturated rings. The van der Waals surface area contributed by atoms with Gasteiger partial charge >= 0.3 is 0 Å². The van der Waals surface area contributed by atoms with E-state index in [-0.39, 0.29) is 24.2 Å². The van der Waals surface area contributed by atoms with Crippen molar-refractivity contribution in [1.82, 2.24) is 10.2 Å². The minimum atomic E-state index is -0.324. The van der Waals surface area contributed by atoms with Gasteiger partial charge in [-0.3, -0.25) is 9.59 Å². The summed E-state index contributed by atoms with van der Waals surface area (Å²) in [4.78, 5) is 29.8. The first-order valence-corrected chi connectivity index (χ1v) is 11.1. The van der Waals surface area contributed by atoms with Crippen LogP contribution >= 0.6 is 0 Å². The topological polar surface area (TPSA) is 71.1 Å². The van der Waals surface area contributed by atoms with Crippen molar-refractivity contribution in [3.05, 3.63) is 18.2 Å². The van der Waals surface area contributed by atoms with Crippen molar-refractivity contribution in [1.29, 1.82) is 0 Å². The van der Waals surface area contributed by atoms with Crippen LogP contribution in [0, 0.1) is 11.8 Å². The number of hydrogen-bond acceptors (Lipinski definition) is 5. The van der Waals surface area contributed by atoms with Gasteiger partial charge < -0.3 is 24.6 Å². The van der Waals surface area contributed by atoms with Gasteiger partial charge in [0.05, 0.1) is 25.8 Å². The first kappa shape index (κ1) is 21.0. The summed E-state index contributed by atoms with van der Waals surface area (Å²) in [5, 5.41) is 3.17. The summed E-state index contributed by atoms with van der Waals surface area (Å²) >= 11 is 0. The van der Waals surface area contributed by atoms with Crippen LogP contribution < -0.4 is 19.7 Å². The van der Waals surface area contributed by atoms with Gasteiger partial charge in [0.15, 0.2) is 0 Å². The number of nitrogens with zero attached hydrogens (tertiary/aromatic N) is 2. The second-order valence-corrected chi connectivity index (χ2v) is 8.69. The van der Waals surface area contributed by atoms with Gasteiger partial charge in [0, 0.05) is 31.6 Å². The highest BCUT2D eigenvalue weighted by molar-refractivity contribution is 6.01. The number of methoxy groups -OCH3 is 2. The Labute approximate surface area is 178 Å². The lowest BCUT2D eigenvalue weighted by molar-refractivity contribution is -0.126. The largest absolute Gasteiger partial charge is 0.497 e. The number of carbonyl (C=O) groups is 2. The van der Waals surface area contributed by atoms with Crippen LogP contribution in [0.3, 0.4) is 0 Å². The highest BCUT2D eigenvalue weighted by Gasteiger charge is 2.38. The van der Waals surface area contributed by atoms with Crippen LogP contribution in [0.4, 0.5) is 5.69 Å². The molecule has 0 spiro atoms. The molecule has 1 aromatic carbocycles. The summed E-state index contributed by atoms with van der Waals surface area (Å²) < 4.78 is 10.7. The molecule has 7 nitrogen and oxygen atoms in total. The highest BCUT2D eigenvalue weighted by Crippen LogP contribution is 2.36. The minimum Gasteiger partial charge on any atom is -0.497 e. The smallest absolute Gasteiger partial charge is 0.227 e. The number of fused-ring (bicyclic) bond motifs is 1. The van der Waals surface area contributed by atoms with E-state index < -0.39 is 0 Å². The number of anilines is 1. The van der Waals surface area contributed by atoms with Crippen LogP contribution in [0.1, 0.15) is 38.5 Å². The number of carbonyl (C=O) groups excluding carboxylic acids is 2. The fourth-order valence-corrected chi connectivity index (χ4v) is 5.32. The molecule has 0 aliphatic carbocycles. The van der Waals surface area contributed by atoms with Crippen molar-refractivity contribution in [2.75, 3.05) is 45.3 Å². The van der Waals surface area contributed by atoms with Crippen LogP contribution in [0.2, 0.25) is 0 Å². The van der Waals surface area contributed by atoms with Gasteiger partial charge in [0.1, 0.15) is 11.5 Å². The second-order valence-electron chi connectivity index (χ2n) is 8.69. The third-order valence-electron chi connectivity index (χ3n) is 6.94. The molecule has 3 saturated heterocycles. The fraction of sp³-hybridized carbons (Fsp3) is 0.652. The Morgan fingerprint density at radius 2 is 1.97 bits per heavy atom. The number of benzene rings is 1. The third kappa shape index (κ3) is 4.26. The lowest BCUT2D eigenvalue weighted by Crippen LogP contribution is -2.51. The number of amides is 2. The summed E-state index contributed by atoms with van der Waals surface area (Å²) in [6, 6.07) is 5.99. The number of hydrogen-bond donors (Lipinski definition) is 1. The quantitative estimate of drug-likeness (QED) is 0.773. The number of nitrogens with one attached hydrogen (secondary N) is 1. The number of piperidine rings is 2. The Hall–Kier alpha value is -2.28. The van der Waals surface area contributed by atoms with Crippen LogP contribution in [-0.2, 0) is 9.59 Å². The molecule has 1 N–H and O–H groups in total. The lowest BCUT2D eigenvalue weighted by atomic mass is 9.83.